The lowest BCUT2D eigenvalue weighted by Crippen LogP contribution is -2.21. The van der Waals surface area contributed by atoms with Crippen LogP contribution in [-0.2, 0) is 22.7 Å². The predicted molar refractivity (Wildman–Crippen MR) is 189 cm³/mol. The molecule has 254 valence electrons. The molecule has 2 unspecified atom stereocenters. The molecule has 47 heavy (non-hydrogen) atoms. The fraction of sp³-hybridized carbons (Fsp3) is 0.541. The topological polar surface area (TPSA) is 97.3 Å². The zero-order valence-corrected chi connectivity index (χ0v) is 29.8. The van der Waals surface area contributed by atoms with E-state index in [0.29, 0.717) is 52.5 Å². The van der Waals surface area contributed by atoms with Crippen molar-refractivity contribution in [1.29, 1.82) is 5.26 Å². The molecule has 3 aliphatic rings. The molecular formula is C37H49F2N5O2S. The second-order valence-electron chi connectivity index (χ2n) is 12.2. The van der Waals surface area contributed by atoms with Gasteiger partial charge in [-0.3, -0.25) is 0 Å². The average molecular weight is 666 g/mol. The van der Waals surface area contributed by atoms with Gasteiger partial charge < -0.3 is 20.1 Å². The van der Waals surface area contributed by atoms with Gasteiger partial charge in [-0.05, 0) is 68.1 Å². The number of anilines is 2. The first-order valence-corrected chi connectivity index (χ1v) is 17.8. The Bertz CT molecular complexity index is 1670. The van der Waals surface area contributed by atoms with Gasteiger partial charge in [0.2, 0.25) is 5.95 Å². The lowest BCUT2D eigenvalue weighted by atomic mass is 9.85. The van der Waals surface area contributed by atoms with Crippen LogP contribution in [0.5, 0.6) is 0 Å². The van der Waals surface area contributed by atoms with Crippen molar-refractivity contribution in [3.05, 3.63) is 56.4 Å². The third kappa shape index (κ3) is 7.53. The Morgan fingerprint density at radius 2 is 1.94 bits per heavy atom. The van der Waals surface area contributed by atoms with Gasteiger partial charge in [0, 0.05) is 49.0 Å². The van der Waals surface area contributed by atoms with Crippen molar-refractivity contribution in [3.8, 4) is 6.07 Å². The Morgan fingerprint density at radius 1 is 1.19 bits per heavy atom. The number of hydrogen-bond acceptors (Lipinski definition) is 8. The number of nitriles is 1. The Balaban J connectivity index is 0.000000433. The normalized spacial score (nSPS) is 19.5. The van der Waals surface area contributed by atoms with E-state index in [0.717, 1.165) is 61.1 Å². The fourth-order valence-electron chi connectivity index (χ4n) is 6.48. The van der Waals surface area contributed by atoms with Crippen LogP contribution >= 0.6 is 11.3 Å². The Labute approximate surface area is 282 Å². The van der Waals surface area contributed by atoms with E-state index in [1.165, 1.54) is 25.3 Å². The zero-order valence-electron chi connectivity index (χ0n) is 28.9. The van der Waals surface area contributed by atoms with Crippen molar-refractivity contribution in [2.45, 2.75) is 93.8 Å². The van der Waals surface area contributed by atoms with E-state index in [-0.39, 0.29) is 27.6 Å². The van der Waals surface area contributed by atoms with E-state index in [1.807, 2.05) is 27.7 Å². The van der Waals surface area contributed by atoms with Crippen molar-refractivity contribution in [2.24, 2.45) is 11.8 Å². The van der Waals surface area contributed by atoms with E-state index >= 15 is 8.78 Å². The number of nitrogens with two attached hydrogens (primary N) is 1. The number of thiophene rings is 1. The van der Waals surface area contributed by atoms with E-state index in [1.54, 1.807) is 13.1 Å². The molecule has 0 bridgehead atoms. The van der Waals surface area contributed by atoms with Gasteiger partial charge >= 0.3 is 0 Å². The molecule has 2 atom stereocenters. The standard InChI is InChI=1S/C28H29F2N5OS.C7H14O.C2H6/c1-5-15(4)21(23-16(9-31)27(32)37-26(23)20(29)6-2)22-19-13-36-12-18(19)17-10-33-28(34-25(17)24(22)30)35-8-7-14(3)11-35;1-2-3-7-4-5-8-6-7;1-2/h6,10,14H,5,7-8,11-13,32H2,1-4H3;7H,2-6H2,1H3;1-2H3/b20-6+,21-15+;;. The lowest BCUT2D eigenvalue weighted by Gasteiger charge is -2.20. The highest BCUT2D eigenvalue weighted by Gasteiger charge is 2.33. The number of aromatic nitrogens is 2. The number of ether oxygens (including phenoxy) is 2. The van der Waals surface area contributed by atoms with Gasteiger partial charge in [0.25, 0.3) is 0 Å². The maximum Gasteiger partial charge on any atom is 0.225 e. The molecule has 6 rings (SSSR count). The van der Waals surface area contributed by atoms with Gasteiger partial charge in [0.05, 0.1) is 23.7 Å². The molecule has 2 fully saturated rings. The number of halogens is 2. The quantitative estimate of drug-likeness (QED) is 0.268. The lowest BCUT2D eigenvalue weighted by molar-refractivity contribution is 0.134. The minimum atomic E-state index is -0.515. The summed E-state index contributed by atoms with van der Waals surface area (Å²) in [5, 5.41) is 10.8. The number of hydrogen-bond donors (Lipinski definition) is 1. The van der Waals surface area contributed by atoms with Gasteiger partial charge in [-0.2, -0.15) is 5.26 Å². The van der Waals surface area contributed by atoms with E-state index < -0.39 is 11.6 Å². The summed E-state index contributed by atoms with van der Waals surface area (Å²) in [6.45, 7) is 18.0. The summed E-state index contributed by atoms with van der Waals surface area (Å²) >= 11 is 1.00. The number of benzene rings is 1. The summed E-state index contributed by atoms with van der Waals surface area (Å²) in [6, 6.07) is 2.14. The van der Waals surface area contributed by atoms with Crippen molar-refractivity contribution >= 4 is 44.6 Å². The molecule has 0 amide bonds. The van der Waals surface area contributed by atoms with Crippen molar-refractivity contribution < 1.29 is 18.3 Å². The van der Waals surface area contributed by atoms with Crippen LogP contribution in [-0.4, -0.2) is 36.3 Å². The maximum atomic E-state index is 16.7. The summed E-state index contributed by atoms with van der Waals surface area (Å²) < 4.78 is 42.9. The largest absolute Gasteiger partial charge is 0.389 e. The van der Waals surface area contributed by atoms with Crippen LogP contribution in [0.4, 0.5) is 19.7 Å². The first-order chi connectivity index (χ1) is 22.7. The van der Waals surface area contributed by atoms with Gasteiger partial charge in [-0.15, -0.1) is 11.3 Å². The first-order valence-electron chi connectivity index (χ1n) is 17.0. The summed E-state index contributed by atoms with van der Waals surface area (Å²) in [7, 11) is 0. The molecule has 3 aliphatic heterocycles. The number of allylic oxidation sites excluding steroid dienone is 2. The summed E-state index contributed by atoms with van der Waals surface area (Å²) in [6.07, 6.45) is 8.59. The SMILES string of the molecule is C/C=C(/F)c1sc(N)c(C#N)c1/C(=C(\C)CC)c1c2c(c3cnc(N4CCC(C)C4)nc3c1F)COC2.CC.CCCC1CCOC1. The molecule has 2 N–H and O–H groups in total. The molecule has 2 saturated heterocycles. The average Bonchev–Trinajstić information content (AvgIpc) is 3.92. The molecule has 1 aromatic carbocycles. The van der Waals surface area contributed by atoms with Crippen LogP contribution in [0.1, 0.15) is 113 Å². The Hall–Kier alpha value is -3.39. The van der Waals surface area contributed by atoms with Crippen LogP contribution in [0.25, 0.3) is 22.3 Å². The molecular weight excluding hydrogens is 617 g/mol. The second kappa shape index (κ2) is 16.6. The highest BCUT2D eigenvalue weighted by atomic mass is 32.1. The minimum Gasteiger partial charge on any atom is -0.389 e. The monoisotopic (exact) mass is 665 g/mol. The predicted octanol–water partition coefficient (Wildman–Crippen LogP) is 9.57. The van der Waals surface area contributed by atoms with Crippen LogP contribution in [0.15, 0.2) is 17.8 Å². The zero-order chi connectivity index (χ0) is 34.2. The van der Waals surface area contributed by atoms with E-state index in [9.17, 15) is 5.26 Å². The van der Waals surface area contributed by atoms with Crippen LogP contribution < -0.4 is 10.6 Å². The highest BCUT2D eigenvalue weighted by Crippen LogP contribution is 2.47. The smallest absolute Gasteiger partial charge is 0.225 e. The molecule has 0 radical (unpaired) electrons. The van der Waals surface area contributed by atoms with Gasteiger partial charge in [-0.1, -0.05) is 52.7 Å². The summed E-state index contributed by atoms with van der Waals surface area (Å²) in [5.74, 6) is 0.884. The Morgan fingerprint density at radius 3 is 2.53 bits per heavy atom. The molecule has 0 aliphatic carbocycles. The second-order valence-corrected chi connectivity index (χ2v) is 13.3. The molecule has 5 heterocycles. The highest BCUT2D eigenvalue weighted by molar-refractivity contribution is 7.17. The van der Waals surface area contributed by atoms with Crippen LogP contribution in [0.3, 0.4) is 0 Å². The molecule has 2 aromatic heterocycles. The molecule has 3 aromatic rings. The summed E-state index contributed by atoms with van der Waals surface area (Å²) in [5.41, 5.74) is 9.97. The van der Waals surface area contributed by atoms with Crippen LogP contribution in [0.2, 0.25) is 0 Å². The summed E-state index contributed by atoms with van der Waals surface area (Å²) in [4.78, 5) is 11.6. The minimum absolute atomic E-state index is 0.154. The first kappa shape index (κ1) is 36.4. The number of nitrogen functional groups attached to an aromatic ring is 1. The van der Waals surface area contributed by atoms with Gasteiger partial charge in [-0.25, -0.2) is 18.7 Å². The Kier molecular flexibility index (Phi) is 12.9. The molecule has 10 heteroatoms. The van der Waals surface area contributed by atoms with Crippen LogP contribution in [0, 0.1) is 29.0 Å². The van der Waals surface area contributed by atoms with Gasteiger partial charge in [0.15, 0.2) is 5.82 Å². The van der Waals surface area contributed by atoms with Gasteiger partial charge in [0.1, 0.15) is 22.4 Å². The molecule has 0 saturated carbocycles. The maximum absolute atomic E-state index is 16.7. The number of rotatable bonds is 7. The molecule has 0 spiro atoms. The van der Waals surface area contributed by atoms with E-state index in [4.69, 9.17) is 20.2 Å². The number of nitrogens with zero attached hydrogens (tertiary/aromatic N) is 4. The molecule has 7 nitrogen and oxygen atoms in total. The van der Waals surface area contributed by atoms with Crippen molar-refractivity contribution in [2.75, 3.05) is 36.9 Å². The van der Waals surface area contributed by atoms with Crippen molar-refractivity contribution in [1.82, 2.24) is 9.97 Å². The fourth-order valence-corrected chi connectivity index (χ4v) is 7.47. The van der Waals surface area contributed by atoms with E-state index in [2.05, 4.69) is 29.8 Å². The third-order valence-corrected chi connectivity index (χ3v) is 10.1. The number of fused-ring (bicyclic) bond motifs is 3. The third-order valence-electron chi connectivity index (χ3n) is 9.09. The van der Waals surface area contributed by atoms with Crippen molar-refractivity contribution in [3.63, 3.8) is 0 Å².